The second-order valence-electron chi connectivity index (χ2n) is 5.54. The first-order chi connectivity index (χ1) is 8.45. The van der Waals surface area contributed by atoms with E-state index in [-0.39, 0.29) is 11.9 Å². The van der Waals surface area contributed by atoms with Gasteiger partial charge in [-0.3, -0.25) is 4.79 Å². The number of aliphatic hydroxyl groups is 1. The molecule has 3 N–H and O–H groups in total. The lowest BCUT2D eigenvalue weighted by molar-refractivity contribution is -0.134. The van der Waals surface area contributed by atoms with E-state index in [0.717, 1.165) is 25.8 Å². The van der Waals surface area contributed by atoms with Crippen molar-refractivity contribution in [2.45, 2.75) is 50.8 Å². The molecule has 1 amide bonds. The summed E-state index contributed by atoms with van der Waals surface area (Å²) in [6, 6.07) is -0.324. The molecule has 0 aliphatic carbocycles. The number of hydrogen-bond acceptors (Lipinski definition) is 4. The molecule has 1 saturated heterocycles. The van der Waals surface area contributed by atoms with Crippen molar-refractivity contribution >= 4 is 5.91 Å². The van der Waals surface area contributed by atoms with E-state index in [0.29, 0.717) is 13.0 Å². The fourth-order valence-electron chi connectivity index (χ4n) is 2.52. The lowest BCUT2D eigenvalue weighted by Crippen LogP contribution is -2.48. The molecule has 0 aromatic rings. The first-order valence-electron chi connectivity index (χ1n) is 6.84. The van der Waals surface area contributed by atoms with Crippen LogP contribution in [0.2, 0.25) is 0 Å². The third-order valence-electron chi connectivity index (χ3n) is 3.44. The fourth-order valence-corrected chi connectivity index (χ4v) is 2.52. The highest BCUT2D eigenvalue weighted by atomic mass is 16.3. The van der Waals surface area contributed by atoms with E-state index in [1.54, 1.807) is 4.90 Å². The number of unbranched alkanes of at least 4 members (excludes halogenated alkanes) is 1. The highest BCUT2D eigenvalue weighted by Crippen LogP contribution is 2.20. The van der Waals surface area contributed by atoms with Crippen LogP contribution in [0.4, 0.5) is 0 Å². The number of β-amino-alcohol motifs (C(OH)–C–C–N with tert-alkyl or cyclic N) is 1. The maximum absolute atomic E-state index is 12.3. The molecule has 106 valence electrons. The molecule has 1 aliphatic rings. The molecule has 1 heterocycles. The maximum Gasteiger partial charge on any atom is 0.239 e. The SMILES string of the molecule is CCCCC(N)C(=O)N1CC(O)CC1CN(C)C. The van der Waals surface area contributed by atoms with E-state index in [2.05, 4.69) is 6.92 Å². The van der Waals surface area contributed by atoms with E-state index in [1.807, 2.05) is 19.0 Å². The van der Waals surface area contributed by atoms with Crippen molar-refractivity contribution in [2.75, 3.05) is 27.2 Å². The molecule has 1 fully saturated rings. The molecule has 18 heavy (non-hydrogen) atoms. The Labute approximate surface area is 110 Å². The fraction of sp³-hybridized carbons (Fsp3) is 0.923. The van der Waals surface area contributed by atoms with Gasteiger partial charge in [0.1, 0.15) is 0 Å². The van der Waals surface area contributed by atoms with E-state index < -0.39 is 12.1 Å². The summed E-state index contributed by atoms with van der Waals surface area (Å²) < 4.78 is 0. The zero-order valence-electron chi connectivity index (χ0n) is 11.8. The van der Waals surface area contributed by atoms with E-state index in [4.69, 9.17) is 5.73 Å². The van der Waals surface area contributed by atoms with Gasteiger partial charge < -0.3 is 20.6 Å². The van der Waals surface area contributed by atoms with Crippen molar-refractivity contribution in [3.63, 3.8) is 0 Å². The quantitative estimate of drug-likeness (QED) is 0.704. The maximum atomic E-state index is 12.3. The van der Waals surface area contributed by atoms with Crippen LogP contribution in [-0.2, 0) is 4.79 Å². The molecule has 3 unspecified atom stereocenters. The average molecular weight is 257 g/mol. The van der Waals surface area contributed by atoms with Crippen LogP contribution in [0.1, 0.15) is 32.6 Å². The largest absolute Gasteiger partial charge is 0.391 e. The molecule has 0 saturated carbocycles. The number of likely N-dealkylation sites (tertiary alicyclic amines) is 1. The summed E-state index contributed by atoms with van der Waals surface area (Å²) in [5.41, 5.74) is 5.94. The number of aliphatic hydroxyl groups excluding tert-OH is 1. The van der Waals surface area contributed by atoms with Crippen LogP contribution in [0.5, 0.6) is 0 Å². The molecule has 5 heteroatoms. The second-order valence-corrected chi connectivity index (χ2v) is 5.54. The molecular formula is C13H27N3O2. The van der Waals surface area contributed by atoms with Crippen LogP contribution in [0.25, 0.3) is 0 Å². The molecule has 0 spiro atoms. The molecule has 0 aromatic carbocycles. The summed E-state index contributed by atoms with van der Waals surface area (Å²) in [6.45, 7) is 3.30. The smallest absolute Gasteiger partial charge is 0.239 e. The molecule has 1 rings (SSSR count). The molecule has 0 aromatic heterocycles. The molecule has 0 bridgehead atoms. The van der Waals surface area contributed by atoms with Gasteiger partial charge >= 0.3 is 0 Å². The van der Waals surface area contributed by atoms with Gasteiger partial charge in [-0.15, -0.1) is 0 Å². The third-order valence-corrected chi connectivity index (χ3v) is 3.44. The lowest BCUT2D eigenvalue weighted by Gasteiger charge is -2.29. The van der Waals surface area contributed by atoms with Gasteiger partial charge in [0.2, 0.25) is 5.91 Å². The Morgan fingerprint density at radius 1 is 1.56 bits per heavy atom. The minimum absolute atomic E-state index is 0.00755. The van der Waals surface area contributed by atoms with Gasteiger partial charge in [-0.1, -0.05) is 19.8 Å². The Kier molecular flexibility index (Phi) is 6.05. The van der Waals surface area contributed by atoms with Crippen LogP contribution >= 0.6 is 0 Å². The van der Waals surface area contributed by atoms with Crippen LogP contribution < -0.4 is 5.73 Å². The Balaban J connectivity index is 2.58. The number of amides is 1. The van der Waals surface area contributed by atoms with Crippen molar-refractivity contribution < 1.29 is 9.90 Å². The number of carbonyl (C=O) groups excluding carboxylic acids is 1. The van der Waals surface area contributed by atoms with E-state index in [1.165, 1.54) is 0 Å². The summed E-state index contributed by atoms with van der Waals surface area (Å²) in [5.74, 6) is -0.00755. The number of likely N-dealkylation sites (N-methyl/N-ethyl adjacent to an activating group) is 1. The van der Waals surface area contributed by atoms with Gasteiger partial charge in [-0.25, -0.2) is 0 Å². The topological polar surface area (TPSA) is 69.8 Å². The predicted octanol–water partition coefficient (Wildman–Crippen LogP) is 0.0273. The van der Waals surface area contributed by atoms with E-state index in [9.17, 15) is 9.90 Å². The minimum Gasteiger partial charge on any atom is -0.391 e. The summed E-state index contributed by atoms with van der Waals surface area (Å²) in [6.07, 6.45) is 3.00. The van der Waals surface area contributed by atoms with Crippen molar-refractivity contribution in [2.24, 2.45) is 5.73 Å². The first-order valence-corrected chi connectivity index (χ1v) is 6.84. The van der Waals surface area contributed by atoms with Gasteiger partial charge in [0.15, 0.2) is 0 Å². The van der Waals surface area contributed by atoms with Gasteiger partial charge in [-0.05, 0) is 26.9 Å². The highest BCUT2D eigenvalue weighted by Gasteiger charge is 2.36. The number of nitrogens with two attached hydrogens (primary N) is 1. The summed E-state index contributed by atoms with van der Waals surface area (Å²) in [4.78, 5) is 16.1. The molecule has 0 radical (unpaired) electrons. The van der Waals surface area contributed by atoms with Gasteiger partial charge in [0.05, 0.1) is 12.1 Å². The summed E-state index contributed by atoms with van der Waals surface area (Å²) >= 11 is 0. The van der Waals surface area contributed by atoms with Crippen molar-refractivity contribution in [3.05, 3.63) is 0 Å². The Hall–Kier alpha value is -0.650. The Bertz CT molecular complexity index is 271. The first kappa shape index (κ1) is 15.4. The number of nitrogens with zero attached hydrogens (tertiary/aromatic N) is 2. The second kappa shape index (κ2) is 7.07. The monoisotopic (exact) mass is 257 g/mol. The zero-order chi connectivity index (χ0) is 13.7. The van der Waals surface area contributed by atoms with Crippen molar-refractivity contribution in [3.8, 4) is 0 Å². The van der Waals surface area contributed by atoms with Crippen LogP contribution in [0.15, 0.2) is 0 Å². The highest BCUT2D eigenvalue weighted by molar-refractivity contribution is 5.82. The normalized spacial score (nSPS) is 25.8. The van der Waals surface area contributed by atoms with E-state index >= 15 is 0 Å². The molecule has 5 nitrogen and oxygen atoms in total. The summed E-state index contributed by atoms with van der Waals surface area (Å²) in [5, 5.41) is 9.74. The lowest BCUT2D eigenvalue weighted by atomic mass is 10.1. The van der Waals surface area contributed by atoms with Crippen molar-refractivity contribution in [1.29, 1.82) is 0 Å². The Morgan fingerprint density at radius 2 is 2.22 bits per heavy atom. The number of carbonyl (C=O) groups is 1. The van der Waals surface area contributed by atoms with Gasteiger partial charge in [0.25, 0.3) is 0 Å². The standard InChI is InChI=1S/C13H27N3O2/c1-4-5-6-12(14)13(18)16-9-11(17)7-10(16)8-15(2)3/h10-12,17H,4-9,14H2,1-3H3. The molecular weight excluding hydrogens is 230 g/mol. The Morgan fingerprint density at radius 3 is 2.78 bits per heavy atom. The van der Waals surface area contributed by atoms with Gasteiger partial charge in [0, 0.05) is 19.1 Å². The molecule has 1 aliphatic heterocycles. The van der Waals surface area contributed by atoms with Crippen LogP contribution in [0.3, 0.4) is 0 Å². The molecule has 3 atom stereocenters. The minimum atomic E-state index is -0.417. The number of hydrogen-bond donors (Lipinski definition) is 2. The van der Waals surface area contributed by atoms with Gasteiger partial charge in [-0.2, -0.15) is 0 Å². The average Bonchev–Trinajstić information content (AvgIpc) is 2.65. The van der Waals surface area contributed by atoms with Crippen LogP contribution in [-0.4, -0.2) is 66.2 Å². The van der Waals surface area contributed by atoms with Crippen molar-refractivity contribution in [1.82, 2.24) is 9.80 Å². The third kappa shape index (κ3) is 4.23. The number of rotatable bonds is 6. The summed E-state index contributed by atoms with van der Waals surface area (Å²) in [7, 11) is 3.95. The zero-order valence-corrected chi connectivity index (χ0v) is 11.8. The van der Waals surface area contributed by atoms with Crippen LogP contribution in [0, 0.1) is 0 Å². The predicted molar refractivity (Wildman–Crippen MR) is 72.2 cm³/mol.